The van der Waals surface area contributed by atoms with Gasteiger partial charge in [0.2, 0.25) is 0 Å². The predicted molar refractivity (Wildman–Crippen MR) is 66.7 cm³/mol. The Morgan fingerprint density at radius 2 is 2.19 bits per heavy atom. The van der Waals surface area contributed by atoms with Crippen molar-refractivity contribution in [2.75, 3.05) is 6.54 Å². The molecule has 0 spiro atoms. The molecule has 0 radical (unpaired) electrons. The standard InChI is InChI=1S/C13H13ClN2/c14-13-11(10-6-9(10)7-15)5-8-3-1-2-4-12(8)16-13/h1-5,9-10H,6-7,15H2. The summed E-state index contributed by atoms with van der Waals surface area (Å²) in [6.45, 7) is 0.744. The monoisotopic (exact) mass is 232 g/mol. The summed E-state index contributed by atoms with van der Waals surface area (Å²) in [6, 6.07) is 10.2. The van der Waals surface area contributed by atoms with E-state index in [2.05, 4.69) is 17.1 Å². The normalized spacial score (nSPS) is 23.6. The first-order valence-electron chi connectivity index (χ1n) is 5.55. The molecule has 1 heterocycles. The van der Waals surface area contributed by atoms with Crippen LogP contribution in [0.3, 0.4) is 0 Å². The molecule has 1 aliphatic carbocycles. The summed E-state index contributed by atoms with van der Waals surface area (Å²) in [4.78, 5) is 4.43. The van der Waals surface area contributed by atoms with Gasteiger partial charge in [0.25, 0.3) is 0 Å². The van der Waals surface area contributed by atoms with Crippen molar-refractivity contribution in [1.82, 2.24) is 4.98 Å². The molecule has 3 rings (SSSR count). The number of pyridine rings is 1. The Morgan fingerprint density at radius 1 is 1.38 bits per heavy atom. The lowest BCUT2D eigenvalue weighted by Gasteiger charge is -2.05. The molecule has 2 atom stereocenters. The molecular weight excluding hydrogens is 220 g/mol. The number of hydrogen-bond donors (Lipinski definition) is 1. The lowest BCUT2D eigenvalue weighted by molar-refractivity contribution is 0.809. The number of nitrogens with zero attached hydrogens (tertiary/aromatic N) is 1. The second-order valence-corrected chi connectivity index (χ2v) is 4.76. The van der Waals surface area contributed by atoms with Crippen LogP contribution >= 0.6 is 11.6 Å². The molecule has 1 aromatic heterocycles. The van der Waals surface area contributed by atoms with Crippen LogP contribution in [0.25, 0.3) is 10.9 Å². The van der Waals surface area contributed by atoms with E-state index in [1.807, 2.05) is 18.2 Å². The first kappa shape index (κ1) is 10.1. The Balaban J connectivity index is 2.08. The van der Waals surface area contributed by atoms with Crippen LogP contribution in [-0.4, -0.2) is 11.5 Å². The van der Waals surface area contributed by atoms with Gasteiger partial charge in [0.1, 0.15) is 5.15 Å². The van der Waals surface area contributed by atoms with Crippen LogP contribution in [0.1, 0.15) is 17.9 Å². The van der Waals surface area contributed by atoms with E-state index in [0.29, 0.717) is 17.0 Å². The number of halogens is 1. The van der Waals surface area contributed by atoms with E-state index in [-0.39, 0.29) is 0 Å². The molecule has 3 heteroatoms. The fraction of sp³-hybridized carbons (Fsp3) is 0.308. The highest BCUT2D eigenvalue weighted by atomic mass is 35.5. The van der Waals surface area contributed by atoms with Gasteiger partial charge in [0, 0.05) is 5.39 Å². The lowest BCUT2D eigenvalue weighted by atomic mass is 10.1. The fourth-order valence-electron chi connectivity index (χ4n) is 2.26. The van der Waals surface area contributed by atoms with Gasteiger partial charge >= 0.3 is 0 Å². The minimum atomic E-state index is 0.523. The van der Waals surface area contributed by atoms with Gasteiger partial charge in [-0.1, -0.05) is 29.8 Å². The highest BCUT2D eigenvalue weighted by Crippen LogP contribution is 2.48. The number of para-hydroxylation sites is 1. The zero-order valence-corrected chi connectivity index (χ0v) is 9.61. The molecule has 1 fully saturated rings. The van der Waals surface area contributed by atoms with Crippen LogP contribution in [0.15, 0.2) is 30.3 Å². The van der Waals surface area contributed by atoms with Gasteiger partial charge in [-0.05, 0) is 42.5 Å². The van der Waals surface area contributed by atoms with E-state index in [1.165, 1.54) is 0 Å². The van der Waals surface area contributed by atoms with E-state index in [1.54, 1.807) is 0 Å². The Morgan fingerprint density at radius 3 is 2.94 bits per heavy atom. The summed E-state index contributed by atoms with van der Waals surface area (Å²) in [5.41, 5.74) is 7.78. The summed E-state index contributed by atoms with van der Waals surface area (Å²) in [5, 5.41) is 1.80. The summed E-state index contributed by atoms with van der Waals surface area (Å²) < 4.78 is 0. The average molecular weight is 233 g/mol. The van der Waals surface area contributed by atoms with Crippen LogP contribution in [0.4, 0.5) is 0 Å². The summed E-state index contributed by atoms with van der Waals surface area (Å²) >= 11 is 6.21. The van der Waals surface area contributed by atoms with Crippen molar-refractivity contribution >= 4 is 22.5 Å². The van der Waals surface area contributed by atoms with Gasteiger partial charge in [0.15, 0.2) is 0 Å². The molecule has 2 aromatic rings. The quantitative estimate of drug-likeness (QED) is 0.809. The number of benzene rings is 1. The van der Waals surface area contributed by atoms with Crippen molar-refractivity contribution in [3.63, 3.8) is 0 Å². The molecule has 2 nitrogen and oxygen atoms in total. The predicted octanol–water partition coefficient (Wildman–Crippen LogP) is 2.95. The smallest absolute Gasteiger partial charge is 0.133 e. The maximum absolute atomic E-state index is 6.21. The molecule has 82 valence electrons. The molecular formula is C13H13ClN2. The van der Waals surface area contributed by atoms with Gasteiger partial charge in [0.05, 0.1) is 5.52 Å². The van der Waals surface area contributed by atoms with Crippen molar-refractivity contribution < 1.29 is 0 Å². The number of fused-ring (bicyclic) bond motifs is 1. The lowest BCUT2D eigenvalue weighted by Crippen LogP contribution is -2.02. The minimum absolute atomic E-state index is 0.523. The van der Waals surface area contributed by atoms with Crippen LogP contribution in [0.5, 0.6) is 0 Å². The molecule has 16 heavy (non-hydrogen) atoms. The molecule has 1 saturated carbocycles. The average Bonchev–Trinajstić information content (AvgIpc) is 3.07. The minimum Gasteiger partial charge on any atom is -0.330 e. The fourth-order valence-corrected chi connectivity index (χ4v) is 2.54. The van der Waals surface area contributed by atoms with Crippen LogP contribution < -0.4 is 5.73 Å². The van der Waals surface area contributed by atoms with Crippen LogP contribution in [-0.2, 0) is 0 Å². The molecule has 0 amide bonds. The maximum Gasteiger partial charge on any atom is 0.133 e. The third kappa shape index (κ3) is 1.58. The maximum atomic E-state index is 6.21. The molecule has 1 aromatic carbocycles. The Kier molecular flexibility index (Phi) is 2.34. The third-order valence-corrected chi connectivity index (χ3v) is 3.63. The van der Waals surface area contributed by atoms with E-state index in [0.717, 1.165) is 29.4 Å². The zero-order valence-electron chi connectivity index (χ0n) is 8.86. The van der Waals surface area contributed by atoms with Gasteiger partial charge < -0.3 is 5.73 Å². The SMILES string of the molecule is NCC1CC1c1cc2ccccc2nc1Cl. The van der Waals surface area contributed by atoms with E-state index < -0.39 is 0 Å². The summed E-state index contributed by atoms with van der Waals surface area (Å²) in [5.74, 6) is 1.12. The Bertz CT molecular complexity index is 538. The van der Waals surface area contributed by atoms with Crippen molar-refractivity contribution in [1.29, 1.82) is 0 Å². The third-order valence-electron chi connectivity index (χ3n) is 3.33. The van der Waals surface area contributed by atoms with Crippen molar-refractivity contribution in [2.24, 2.45) is 11.7 Å². The number of hydrogen-bond acceptors (Lipinski definition) is 2. The highest BCUT2D eigenvalue weighted by Gasteiger charge is 2.38. The van der Waals surface area contributed by atoms with Gasteiger partial charge in [-0.3, -0.25) is 0 Å². The number of nitrogens with two attached hydrogens (primary N) is 1. The second kappa shape index (κ2) is 3.72. The number of aromatic nitrogens is 1. The van der Waals surface area contributed by atoms with Crippen molar-refractivity contribution in [3.05, 3.63) is 41.0 Å². The van der Waals surface area contributed by atoms with E-state index in [9.17, 15) is 0 Å². The molecule has 1 aliphatic rings. The van der Waals surface area contributed by atoms with Crippen molar-refractivity contribution in [3.8, 4) is 0 Å². The first-order chi connectivity index (χ1) is 7.79. The van der Waals surface area contributed by atoms with Crippen LogP contribution in [0, 0.1) is 5.92 Å². The number of rotatable bonds is 2. The van der Waals surface area contributed by atoms with Crippen molar-refractivity contribution in [2.45, 2.75) is 12.3 Å². The van der Waals surface area contributed by atoms with Crippen LogP contribution in [0.2, 0.25) is 5.15 Å². The van der Waals surface area contributed by atoms with Gasteiger partial charge in [-0.25, -0.2) is 4.98 Å². The zero-order chi connectivity index (χ0) is 11.1. The van der Waals surface area contributed by atoms with E-state index in [4.69, 9.17) is 17.3 Å². The van der Waals surface area contributed by atoms with Gasteiger partial charge in [-0.15, -0.1) is 0 Å². The molecule has 0 aliphatic heterocycles. The molecule has 0 saturated heterocycles. The van der Waals surface area contributed by atoms with Gasteiger partial charge in [-0.2, -0.15) is 0 Å². The Labute approximate surface area is 99.4 Å². The first-order valence-corrected chi connectivity index (χ1v) is 5.92. The molecule has 0 bridgehead atoms. The summed E-state index contributed by atoms with van der Waals surface area (Å²) in [7, 11) is 0. The highest BCUT2D eigenvalue weighted by molar-refractivity contribution is 6.30. The largest absolute Gasteiger partial charge is 0.330 e. The van der Waals surface area contributed by atoms with E-state index >= 15 is 0 Å². The summed E-state index contributed by atoms with van der Waals surface area (Å²) in [6.07, 6.45) is 1.15. The molecule has 2 N–H and O–H groups in total. The Hall–Kier alpha value is -1.12. The topological polar surface area (TPSA) is 38.9 Å². The second-order valence-electron chi connectivity index (χ2n) is 4.40. The molecule has 2 unspecified atom stereocenters.